The van der Waals surface area contributed by atoms with E-state index in [1.54, 1.807) is 18.3 Å². The molecular formula is C22H30FN3. The fraction of sp³-hybridized carbons (Fsp3) is 0.409. The summed E-state index contributed by atoms with van der Waals surface area (Å²) in [5.41, 5.74) is 4.98. The smallest absolute Gasteiger partial charge is 0.123 e. The van der Waals surface area contributed by atoms with Crippen molar-refractivity contribution < 1.29 is 4.39 Å². The van der Waals surface area contributed by atoms with Gasteiger partial charge in [-0.25, -0.2) is 4.39 Å². The van der Waals surface area contributed by atoms with Crippen LogP contribution in [0.25, 0.3) is 10.9 Å². The Hall–Kier alpha value is -2.20. The van der Waals surface area contributed by atoms with Gasteiger partial charge in [0.05, 0.1) is 0 Å². The van der Waals surface area contributed by atoms with Gasteiger partial charge in [-0.15, -0.1) is 0 Å². The molecule has 0 amide bonds. The van der Waals surface area contributed by atoms with E-state index in [1.165, 1.54) is 16.8 Å². The maximum atomic E-state index is 13.6. The summed E-state index contributed by atoms with van der Waals surface area (Å²) in [6.07, 6.45) is 5.65. The summed E-state index contributed by atoms with van der Waals surface area (Å²) < 4.78 is 16.0. The molecule has 4 heteroatoms. The van der Waals surface area contributed by atoms with Crippen molar-refractivity contribution in [1.82, 2.24) is 14.9 Å². The number of pyridine rings is 1. The zero-order valence-electron chi connectivity index (χ0n) is 16.3. The summed E-state index contributed by atoms with van der Waals surface area (Å²) in [5, 5.41) is 4.44. The number of benzene rings is 1. The van der Waals surface area contributed by atoms with E-state index in [1.807, 2.05) is 46.0 Å². The first kappa shape index (κ1) is 20.1. The van der Waals surface area contributed by atoms with E-state index < -0.39 is 0 Å². The third-order valence-electron chi connectivity index (χ3n) is 4.44. The van der Waals surface area contributed by atoms with Gasteiger partial charge in [-0.1, -0.05) is 33.8 Å². The van der Waals surface area contributed by atoms with Gasteiger partial charge in [0.25, 0.3) is 0 Å². The average molecular weight is 356 g/mol. The Morgan fingerprint density at radius 2 is 1.96 bits per heavy atom. The highest BCUT2D eigenvalue weighted by Crippen LogP contribution is 2.29. The number of hydrogen-bond acceptors (Lipinski definition) is 2. The predicted molar refractivity (Wildman–Crippen MR) is 108 cm³/mol. The monoisotopic (exact) mass is 355 g/mol. The van der Waals surface area contributed by atoms with Crippen LogP contribution in [0.3, 0.4) is 0 Å². The lowest BCUT2D eigenvalue weighted by atomic mass is 10.1. The van der Waals surface area contributed by atoms with E-state index >= 15 is 0 Å². The summed E-state index contributed by atoms with van der Waals surface area (Å²) >= 11 is 0. The quantitative estimate of drug-likeness (QED) is 0.707. The molecular weight excluding hydrogens is 325 g/mol. The lowest BCUT2D eigenvalue weighted by molar-refractivity contribution is 0.594. The summed E-state index contributed by atoms with van der Waals surface area (Å²) in [4.78, 5) is 4.18. The first-order chi connectivity index (χ1) is 12.8. The van der Waals surface area contributed by atoms with Gasteiger partial charge in [0.15, 0.2) is 0 Å². The molecule has 0 aliphatic carbocycles. The molecule has 26 heavy (non-hydrogen) atoms. The van der Waals surface area contributed by atoms with Gasteiger partial charge in [-0.2, -0.15) is 0 Å². The summed E-state index contributed by atoms with van der Waals surface area (Å²) in [5.74, 6) is -0.162. The molecule has 1 N–H and O–H groups in total. The fourth-order valence-corrected chi connectivity index (χ4v) is 3.39. The van der Waals surface area contributed by atoms with Crippen molar-refractivity contribution >= 4 is 10.9 Å². The molecule has 3 aromatic rings. The Labute approximate surface area is 156 Å². The van der Waals surface area contributed by atoms with Crippen LogP contribution < -0.4 is 5.32 Å². The van der Waals surface area contributed by atoms with E-state index in [0.29, 0.717) is 0 Å². The van der Waals surface area contributed by atoms with Gasteiger partial charge < -0.3 is 9.88 Å². The minimum absolute atomic E-state index is 0.162. The highest BCUT2D eigenvalue weighted by Gasteiger charge is 2.19. The average Bonchev–Trinajstić information content (AvgIpc) is 3.03. The molecule has 0 bridgehead atoms. The third-order valence-corrected chi connectivity index (χ3v) is 4.44. The van der Waals surface area contributed by atoms with E-state index in [0.717, 1.165) is 43.4 Å². The summed E-state index contributed by atoms with van der Waals surface area (Å²) in [7, 11) is 0. The number of aromatic nitrogens is 2. The van der Waals surface area contributed by atoms with E-state index in [2.05, 4.69) is 20.9 Å². The van der Waals surface area contributed by atoms with Crippen LogP contribution in [-0.2, 0) is 25.9 Å². The lowest BCUT2D eigenvalue weighted by Gasteiger charge is -2.17. The van der Waals surface area contributed by atoms with Crippen molar-refractivity contribution in [2.45, 2.75) is 53.6 Å². The van der Waals surface area contributed by atoms with Crippen LogP contribution in [0.1, 0.15) is 44.5 Å². The van der Waals surface area contributed by atoms with E-state index in [4.69, 9.17) is 0 Å². The number of hydrogen-bond donors (Lipinski definition) is 1. The van der Waals surface area contributed by atoms with E-state index in [-0.39, 0.29) is 5.82 Å². The van der Waals surface area contributed by atoms with Crippen molar-refractivity contribution in [2.24, 2.45) is 0 Å². The summed E-state index contributed by atoms with van der Waals surface area (Å²) in [6.45, 7) is 10.7. The standard InChI is InChI=1S/C18H18FN3.2C2H6/c19-14-3-4-17-15(10-14)16-12-21-8-5-18(16)22(17)9-6-13-2-1-7-20-11-13;2*1-2/h1-4,7,10-11,21H,5-6,8-9,12H2;2*1-2H3. The number of rotatable bonds is 3. The van der Waals surface area contributed by atoms with Crippen molar-refractivity contribution in [3.8, 4) is 0 Å². The Morgan fingerprint density at radius 3 is 2.69 bits per heavy atom. The molecule has 1 aliphatic rings. The molecule has 0 saturated carbocycles. The predicted octanol–water partition coefficient (Wildman–Crippen LogP) is 5.12. The van der Waals surface area contributed by atoms with Gasteiger partial charge in [0.2, 0.25) is 0 Å². The normalized spacial score (nSPS) is 12.5. The molecule has 0 fully saturated rings. The van der Waals surface area contributed by atoms with Crippen LogP contribution in [0.15, 0.2) is 42.7 Å². The highest BCUT2D eigenvalue weighted by atomic mass is 19.1. The molecule has 0 atom stereocenters. The molecule has 2 aromatic heterocycles. The molecule has 140 valence electrons. The minimum Gasteiger partial charge on any atom is -0.344 e. The van der Waals surface area contributed by atoms with Crippen LogP contribution in [0, 0.1) is 5.82 Å². The van der Waals surface area contributed by atoms with Crippen LogP contribution in [0.5, 0.6) is 0 Å². The number of nitrogens with zero attached hydrogens (tertiary/aromatic N) is 2. The van der Waals surface area contributed by atoms with Crippen molar-refractivity contribution in [3.05, 3.63) is 65.4 Å². The lowest BCUT2D eigenvalue weighted by Crippen LogP contribution is -2.24. The van der Waals surface area contributed by atoms with Gasteiger partial charge in [0.1, 0.15) is 5.82 Å². The maximum Gasteiger partial charge on any atom is 0.123 e. The Balaban J connectivity index is 0.000000570. The Bertz CT molecular complexity index is 809. The second-order valence-electron chi connectivity index (χ2n) is 5.78. The van der Waals surface area contributed by atoms with Crippen LogP contribution in [0.4, 0.5) is 4.39 Å². The number of fused-ring (bicyclic) bond motifs is 3. The second-order valence-corrected chi connectivity index (χ2v) is 5.78. The Morgan fingerprint density at radius 1 is 1.15 bits per heavy atom. The topological polar surface area (TPSA) is 29.9 Å². The second kappa shape index (κ2) is 10.1. The number of halogens is 1. The summed E-state index contributed by atoms with van der Waals surface area (Å²) in [6, 6.07) is 9.21. The van der Waals surface area contributed by atoms with Crippen LogP contribution >= 0.6 is 0 Å². The molecule has 0 spiro atoms. The van der Waals surface area contributed by atoms with Gasteiger partial charge >= 0.3 is 0 Å². The van der Waals surface area contributed by atoms with Crippen molar-refractivity contribution in [1.29, 1.82) is 0 Å². The molecule has 3 heterocycles. The number of nitrogens with one attached hydrogen (secondary N) is 1. The molecule has 3 nitrogen and oxygen atoms in total. The van der Waals surface area contributed by atoms with Crippen molar-refractivity contribution in [2.75, 3.05) is 6.54 Å². The molecule has 0 unspecified atom stereocenters. The molecule has 0 saturated heterocycles. The SMILES string of the molecule is CC.CC.Fc1ccc2c(c1)c1c(n2CCc2cccnc2)CCNC1. The van der Waals surface area contributed by atoms with Crippen LogP contribution in [-0.4, -0.2) is 16.1 Å². The zero-order chi connectivity index (χ0) is 18.9. The molecule has 1 aliphatic heterocycles. The minimum atomic E-state index is -0.162. The zero-order valence-corrected chi connectivity index (χ0v) is 16.3. The fourth-order valence-electron chi connectivity index (χ4n) is 3.39. The maximum absolute atomic E-state index is 13.6. The first-order valence-electron chi connectivity index (χ1n) is 9.72. The highest BCUT2D eigenvalue weighted by molar-refractivity contribution is 5.86. The van der Waals surface area contributed by atoms with Gasteiger partial charge in [-0.3, -0.25) is 4.98 Å². The first-order valence-corrected chi connectivity index (χ1v) is 9.72. The van der Waals surface area contributed by atoms with Gasteiger partial charge in [0, 0.05) is 55.0 Å². The van der Waals surface area contributed by atoms with Gasteiger partial charge in [-0.05, 0) is 41.8 Å². The Kier molecular flexibility index (Phi) is 7.79. The largest absolute Gasteiger partial charge is 0.344 e. The third kappa shape index (κ3) is 4.31. The molecule has 4 rings (SSSR count). The molecule has 1 aromatic carbocycles. The van der Waals surface area contributed by atoms with Crippen molar-refractivity contribution in [3.63, 3.8) is 0 Å². The van der Waals surface area contributed by atoms with Crippen LogP contribution in [0.2, 0.25) is 0 Å². The molecule has 0 radical (unpaired) electrons. The van der Waals surface area contributed by atoms with E-state index in [9.17, 15) is 4.39 Å². The number of aryl methyl sites for hydroxylation is 2.